The van der Waals surface area contributed by atoms with Crippen molar-refractivity contribution in [2.24, 2.45) is 5.92 Å². The molecule has 0 radical (unpaired) electrons. The maximum atomic E-state index is 13.0. The largest absolute Gasteiger partial charge is 0.416 e. The van der Waals surface area contributed by atoms with Crippen molar-refractivity contribution in [3.8, 4) is 11.3 Å². The van der Waals surface area contributed by atoms with Crippen molar-refractivity contribution >= 4 is 27.4 Å². The first-order chi connectivity index (χ1) is 12.0. The predicted octanol–water partition coefficient (Wildman–Crippen LogP) is 4.08. The van der Waals surface area contributed by atoms with Crippen LogP contribution in [0.5, 0.6) is 0 Å². The molecule has 1 aliphatic rings. The third-order valence-corrected chi connectivity index (χ3v) is 5.80. The highest BCUT2D eigenvalue weighted by Crippen LogP contribution is 2.42. The van der Waals surface area contributed by atoms with Gasteiger partial charge in [-0.2, -0.15) is 13.2 Å². The molecule has 26 heavy (non-hydrogen) atoms. The van der Waals surface area contributed by atoms with Gasteiger partial charge in [0.25, 0.3) is 0 Å². The number of halogens is 3. The monoisotopic (exact) mass is 405 g/mol. The van der Waals surface area contributed by atoms with E-state index in [1.807, 2.05) is 0 Å². The van der Waals surface area contributed by atoms with Crippen molar-refractivity contribution in [3.63, 3.8) is 0 Å². The number of benzene rings is 1. The second-order valence-corrected chi connectivity index (χ2v) is 8.79. The number of aromatic nitrogens is 1. The Morgan fingerprint density at radius 1 is 1.31 bits per heavy atom. The SMILES string of the molecule is CSc1noc(-c2ccc(C(F)(F)F)cc2S(C)(=O)=O)c1C(=O)C1CC1. The van der Waals surface area contributed by atoms with Crippen molar-refractivity contribution in [3.05, 3.63) is 29.3 Å². The highest BCUT2D eigenvalue weighted by atomic mass is 32.2. The van der Waals surface area contributed by atoms with Crippen LogP contribution in [-0.4, -0.2) is 31.9 Å². The zero-order chi connectivity index (χ0) is 19.3. The molecule has 2 aromatic rings. The Kier molecular flexibility index (Phi) is 4.68. The fraction of sp³-hybridized carbons (Fsp3) is 0.375. The molecule has 1 aromatic heterocycles. The van der Waals surface area contributed by atoms with Crippen LogP contribution in [0.15, 0.2) is 32.6 Å². The number of carbonyl (C=O) groups excluding carboxylic acids is 1. The van der Waals surface area contributed by atoms with E-state index in [4.69, 9.17) is 4.52 Å². The van der Waals surface area contributed by atoms with Gasteiger partial charge in [0.15, 0.2) is 26.4 Å². The van der Waals surface area contributed by atoms with Gasteiger partial charge in [-0.3, -0.25) is 4.79 Å². The number of thioether (sulfide) groups is 1. The van der Waals surface area contributed by atoms with E-state index in [-0.39, 0.29) is 33.6 Å². The summed E-state index contributed by atoms with van der Waals surface area (Å²) in [6.45, 7) is 0. The Morgan fingerprint density at radius 3 is 2.46 bits per heavy atom. The molecule has 0 aliphatic heterocycles. The smallest absolute Gasteiger partial charge is 0.354 e. The van der Waals surface area contributed by atoms with E-state index in [0.29, 0.717) is 18.9 Å². The first-order valence-corrected chi connectivity index (χ1v) is 10.6. The van der Waals surface area contributed by atoms with E-state index >= 15 is 0 Å². The van der Waals surface area contributed by atoms with E-state index in [0.717, 1.165) is 30.2 Å². The van der Waals surface area contributed by atoms with Crippen molar-refractivity contribution in [2.75, 3.05) is 12.5 Å². The summed E-state index contributed by atoms with van der Waals surface area (Å²) in [5.74, 6) is -0.527. The lowest BCUT2D eigenvalue weighted by atomic mass is 10.0. The molecule has 1 aliphatic carbocycles. The Bertz CT molecular complexity index is 976. The molecule has 140 valence electrons. The van der Waals surface area contributed by atoms with Gasteiger partial charge in [-0.05, 0) is 37.3 Å². The molecular formula is C16H14F3NO4S2. The molecule has 0 spiro atoms. The molecule has 5 nitrogen and oxygen atoms in total. The normalized spacial score (nSPS) is 15.3. The minimum atomic E-state index is -4.70. The summed E-state index contributed by atoms with van der Waals surface area (Å²) in [6.07, 6.45) is -0.793. The molecule has 1 fully saturated rings. The van der Waals surface area contributed by atoms with Crippen molar-refractivity contribution in [1.82, 2.24) is 5.16 Å². The topological polar surface area (TPSA) is 77.2 Å². The Labute approximate surface area is 151 Å². The number of Topliss-reactive ketones (excluding diaryl/α,β-unsaturated/α-hetero) is 1. The molecule has 1 aromatic carbocycles. The summed E-state index contributed by atoms with van der Waals surface area (Å²) in [4.78, 5) is 12.0. The standard InChI is InChI=1S/C16H14F3NO4S2/c1-25-15-12(13(21)8-3-4-8)14(24-20-15)10-6-5-9(16(17,18)19)7-11(10)26(2,22)23/h5-8H,3-4H2,1-2H3. The molecule has 0 amide bonds. The van der Waals surface area contributed by atoms with Crippen LogP contribution in [-0.2, 0) is 16.0 Å². The Hall–Kier alpha value is -1.81. The van der Waals surface area contributed by atoms with Crippen molar-refractivity contribution < 1.29 is 30.9 Å². The molecule has 10 heteroatoms. The second kappa shape index (κ2) is 6.41. The average molecular weight is 405 g/mol. The molecule has 1 heterocycles. The molecular weight excluding hydrogens is 391 g/mol. The lowest BCUT2D eigenvalue weighted by molar-refractivity contribution is -0.137. The van der Waals surface area contributed by atoms with E-state index in [2.05, 4.69) is 5.16 Å². The maximum absolute atomic E-state index is 13.0. The van der Waals surface area contributed by atoms with Crippen LogP contribution in [0.1, 0.15) is 28.8 Å². The highest BCUT2D eigenvalue weighted by molar-refractivity contribution is 7.98. The number of hydrogen-bond donors (Lipinski definition) is 0. The van der Waals surface area contributed by atoms with Gasteiger partial charge in [0.05, 0.1) is 16.0 Å². The van der Waals surface area contributed by atoms with Crippen LogP contribution in [0.3, 0.4) is 0 Å². The maximum Gasteiger partial charge on any atom is 0.416 e. The summed E-state index contributed by atoms with van der Waals surface area (Å²) in [5, 5.41) is 4.07. The first kappa shape index (κ1) is 19.0. The van der Waals surface area contributed by atoms with Gasteiger partial charge in [0.1, 0.15) is 0 Å². The van der Waals surface area contributed by atoms with E-state index in [1.165, 1.54) is 0 Å². The molecule has 3 rings (SSSR count). The number of nitrogens with zero attached hydrogens (tertiary/aromatic N) is 1. The van der Waals surface area contributed by atoms with Crippen LogP contribution in [0.25, 0.3) is 11.3 Å². The molecule has 0 bridgehead atoms. The highest BCUT2D eigenvalue weighted by Gasteiger charge is 2.38. The van der Waals surface area contributed by atoms with Crippen LogP contribution in [0.2, 0.25) is 0 Å². The minimum Gasteiger partial charge on any atom is -0.354 e. The fourth-order valence-corrected chi connectivity index (χ4v) is 3.97. The number of hydrogen-bond acceptors (Lipinski definition) is 6. The van der Waals surface area contributed by atoms with Gasteiger partial charge in [0, 0.05) is 17.7 Å². The molecule has 0 N–H and O–H groups in total. The number of ketones is 1. The predicted molar refractivity (Wildman–Crippen MR) is 88.9 cm³/mol. The number of carbonyl (C=O) groups is 1. The third-order valence-electron chi connectivity index (χ3n) is 4.00. The van der Waals surface area contributed by atoms with E-state index < -0.39 is 26.5 Å². The zero-order valence-electron chi connectivity index (χ0n) is 13.8. The van der Waals surface area contributed by atoms with Gasteiger partial charge < -0.3 is 4.52 Å². The van der Waals surface area contributed by atoms with Gasteiger partial charge in [-0.1, -0.05) is 5.16 Å². The number of alkyl halides is 3. The summed E-state index contributed by atoms with van der Waals surface area (Å²) < 4.78 is 68.3. The number of sulfone groups is 1. The van der Waals surface area contributed by atoms with Crippen LogP contribution >= 0.6 is 11.8 Å². The summed E-state index contributed by atoms with van der Waals surface area (Å²) >= 11 is 1.15. The molecule has 1 saturated carbocycles. The van der Waals surface area contributed by atoms with Gasteiger partial charge >= 0.3 is 6.18 Å². The zero-order valence-corrected chi connectivity index (χ0v) is 15.4. The van der Waals surface area contributed by atoms with Gasteiger partial charge in [-0.15, -0.1) is 11.8 Å². The van der Waals surface area contributed by atoms with Crippen LogP contribution in [0, 0.1) is 5.92 Å². The van der Waals surface area contributed by atoms with Crippen LogP contribution in [0.4, 0.5) is 13.2 Å². The number of rotatable bonds is 5. The van der Waals surface area contributed by atoms with E-state index in [9.17, 15) is 26.4 Å². The third kappa shape index (κ3) is 3.52. The molecule has 0 atom stereocenters. The van der Waals surface area contributed by atoms with Gasteiger partial charge in [-0.25, -0.2) is 8.42 Å². The van der Waals surface area contributed by atoms with E-state index in [1.54, 1.807) is 6.26 Å². The Balaban J connectivity index is 2.24. The summed E-state index contributed by atoms with van der Waals surface area (Å²) in [7, 11) is -4.01. The summed E-state index contributed by atoms with van der Waals surface area (Å²) in [6, 6.07) is 2.32. The lowest BCUT2D eigenvalue weighted by Gasteiger charge is -2.12. The van der Waals surface area contributed by atoms with Crippen molar-refractivity contribution in [2.45, 2.75) is 28.9 Å². The Morgan fingerprint density at radius 2 is 1.96 bits per heavy atom. The quantitative estimate of drug-likeness (QED) is 0.551. The fourth-order valence-electron chi connectivity index (χ4n) is 2.56. The minimum absolute atomic E-state index is 0.0997. The summed E-state index contributed by atoms with van der Waals surface area (Å²) in [5.41, 5.74) is -1.07. The average Bonchev–Trinajstić information content (AvgIpc) is 3.31. The van der Waals surface area contributed by atoms with Crippen LogP contribution < -0.4 is 0 Å². The first-order valence-electron chi connectivity index (χ1n) is 7.53. The molecule has 0 unspecified atom stereocenters. The molecule has 0 saturated heterocycles. The lowest BCUT2D eigenvalue weighted by Crippen LogP contribution is -2.09. The second-order valence-electron chi connectivity index (χ2n) is 6.02. The van der Waals surface area contributed by atoms with Gasteiger partial charge in [0.2, 0.25) is 0 Å². The van der Waals surface area contributed by atoms with Crippen molar-refractivity contribution in [1.29, 1.82) is 0 Å².